The number of nitrogens with one attached hydrogen (secondary N) is 1. The van der Waals surface area contributed by atoms with Gasteiger partial charge in [0.15, 0.2) is 0 Å². The fraction of sp³-hybridized carbons (Fsp3) is 0.667. The molecule has 0 saturated carbocycles. The molecule has 1 aromatic carbocycles. The van der Waals surface area contributed by atoms with Crippen molar-refractivity contribution in [2.75, 3.05) is 32.1 Å². The van der Waals surface area contributed by atoms with Crippen molar-refractivity contribution in [2.24, 2.45) is 0 Å². The molecule has 0 aliphatic rings. The van der Waals surface area contributed by atoms with Gasteiger partial charge < -0.3 is 10.2 Å². The Bertz CT molecular complexity index is 395. The average Bonchev–Trinajstić information content (AvgIpc) is 2.47. The molecule has 0 aliphatic heterocycles. The van der Waals surface area contributed by atoms with Crippen LogP contribution < -0.4 is 5.32 Å². The minimum Gasteiger partial charge on any atom is -0.310 e. The third-order valence-electron chi connectivity index (χ3n) is 4.02. The molecule has 1 aromatic rings. The van der Waals surface area contributed by atoms with Gasteiger partial charge in [0.25, 0.3) is 0 Å². The maximum atomic E-state index is 3.71. The van der Waals surface area contributed by atoms with Crippen molar-refractivity contribution >= 4 is 11.8 Å². The van der Waals surface area contributed by atoms with E-state index in [0.717, 1.165) is 13.1 Å². The molecule has 3 heteroatoms. The highest BCUT2D eigenvalue weighted by Crippen LogP contribution is 2.19. The Labute approximate surface area is 135 Å². The molecule has 0 spiro atoms. The molecule has 0 aliphatic carbocycles. The zero-order valence-corrected chi connectivity index (χ0v) is 15.2. The third kappa shape index (κ3) is 6.86. The molecule has 0 fully saturated rings. The van der Waals surface area contributed by atoms with Crippen LogP contribution in [0.25, 0.3) is 0 Å². The molecule has 120 valence electrons. The molecule has 0 aromatic heterocycles. The summed E-state index contributed by atoms with van der Waals surface area (Å²) in [5.41, 5.74) is 2.77. The van der Waals surface area contributed by atoms with Gasteiger partial charge in [-0.1, -0.05) is 36.8 Å². The van der Waals surface area contributed by atoms with Crippen molar-refractivity contribution in [1.29, 1.82) is 0 Å². The Hall–Kier alpha value is -0.510. The first-order chi connectivity index (χ1) is 10.1. The number of hydrogen-bond acceptors (Lipinski definition) is 3. The zero-order chi connectivity index (χ0) is 15.7. The first-order valence-electron chi connectivity index (χ1n) is 8.07. The van der Waals surface area contributed by atoms with Crippen LogP contribution >= 0.6 is 11.8 Å². The van der Waals surface area contributed by atoms with Crippen LogP contribution in [0.4, 0.5) is 0 Å². The third-order valence-corrected chi connectivity index (χ3v) is 4.83. The van der Waals surface area contributed by atoms with Crippen molar-refractivity contribution in [1.82, 2.24) is 10.2 Å². The predicted octanol–water partition coefficient (Wildman–Crippen LogP) is 4.11. The standard InChI is InChI=1S/C18H32N2S/c1-6-11-19-18(17-9-7-8-15(2)13-17)10-12-20(4)16(3)14-21-5/h7-9,13,16,18-19H,6,10-12,14H2,1-5H3. The largest absolute Gasteiger partial charge is 0.310 e. The van der Waals surface area contributed by atoms with E-state index < -0.39 is 0 Å². The quantitative estimate of drug-likeness (QED) is 0.700. The van der Waals surface area contributed by atoms with Gasteiger partial charge in [0.1, 0.15) is 0 Å². The molecule has 1 rings (SSSR count). The van der Waals surface area contributed by atoms with Gasteiger partial charge >= 0.3 is 0 Å². The molecule has 0 heterocycles. The topological polar surface area (TPSA) is 15.3 Å². The Morgan fingerprint density at radius 2 is 2.10 bits per heavy atom. The van der Waals surface area contributed by atoms with Gasteiger partial charge in [-0.3, -0.25) is 0 Å². The molecule has 21 heavy (non-hydrogen) atoms. The number of benzene rings is 1. The summed E-state index contributed by atoms with van der Waals surface area (Å²) in [7, 11) is 2.24. The second kappa shape index (κ2) is 10.3. The number of hydrogen-bond donors (Lipinski definition) is 1. The van der Waals surface area contributed by atoms with Crippen molar-refractivity contribution in [2.45, 2.75) is 45.7 Å². The number of rotatable bonds is 10. The van der Waals surface area contributed by atoms with E-state index in [4.69, 9.17) is 0 Å². The highest BCUT2D eigenvalue weighted by molar-refractivity contribution is 7.98. The van der Waals surface area contributed by atoms with Crippen molar-refractivity contribution < 1.29 is 0 Å². The van der Waals surface area contributed by atoms with Crippen LogP contribution in [0.15, 0.2) is 24.3 Å². The first-order valence-corrected chi connectivity index (χ1v) is 9.47. The fourth-order valence-electron chi connectivity index (χ4n) is 2.51. The minimum absolute atomic E-state index is 0.466. The van der Waals surface area contributed by atoms with Gasteiger partial charge in [-0.2, -0.15) is 11.8 Å². The highest BCUT2D eigenvalue weighted by atomic mass is 32.2. The van der Waals surface area contributed by atoms with Crippen LogP contribution in [0.1, 0.15) is 43.9 Å². The monoisotopic (exact) mass is 308 g/mol. The Morgan fingerprint density at radius 1 is 1.33 bits per heavy atom. The van der Waals surface area contributed by atoms with Gasteiger partial charge in [-0.05, 0) is 58.6 Å². The summed E-state index contributed by atoms with van der Waals surface area (Å²) < 4.78 is 0. The minimum atomic E-state index is 0.466. The van der Waals surface area contributed by atoms with E-state index >= 15 is 0 Å². The highest BCUT2D eigenvalue weighted by Gasteiger charge is 2.14. The van der Waals surface area contributed by atoms with Crippen LogP contribution in [-0.2, 0) is 0 Å². The van der Waals surface area contributed by atoms with Crippen LogP contribution in [0, 0.1) is 6.92 Å². The number of aryl methyl sites for hydroxylation is 1. The fourth-order valence-corrected chi connectivity index (χ4v) is 3.25. The average molecular weight is 309 g/mol. The molecule has 1 N–H and O–H groups in total. The van der Waals surface area contributed by atoms with Crippen molar-refractivity contribution in [3.05, 3.63) is 35.4 Å². The second-order valence-electron chi connectivity index (χ2n) is 5.99. The number of nitrogens with zero attached hydrogens (tertiary/aromatic N) is 1. The van der Waals surface area contributed by atoms with E-state index in [-0.39, 0.29) is 0 Å². The molecule has 2 unspecified atom stereocenters. The van der Waals surface area contributed by atoms with E-state index in [9.17, 15) is 0 Å². The zero-order valence-electron chi connectivity index (χ0n) is 14.4. The van der Waals surface area contributed by atoms with E-state index in [1.807, 2.05) is 11.8 Å². The van der Waals surface area contributed by atoms with Gasteiger partial charge in [-0.15, -0.1) is 0 Å². The van der Waals surface area contributed by atoms with E-state index in [0.29, 0.717) is 12.1 Å². The van der Waals surface area contributed by atoms with Gasteiger partial charge in [0, 0.05) is 17.8 Å². The summed E-state index contributed by atoms with van der Waals surface area (Å²) in [4.78, 5) is 2.48. The Morgan fingerprint density at radius 3 is 2.71 bits per heavy atom. The second-order valence-corrected chi connectivity index (χ2v) is 6.91. The first kappa shape index (κ1) is 18.5. The molecule has 0 bridgehead atoms. The van der Waals surface area contributed by atoms with Gasteiger partial charge in [0.05, 0.1) is 0 Å². The van der Waals surface area contributed by atoms with Crippen molar-refractivity contribution in [3.8, 4) is 0 Å². The van der Waals surface area contributed by atoms with Gasteiger partial charge in [0.2, 0.25) is 0 Å². The smallest absolute Gasteiger partial charge is 0.0332 e. The Kier molecular flexibility index (Phi) is 9.05. The van der Waals surface area contributed by atoms with Crippen LogP contribution in [-0.4, -0.2) is 43.1 Å². The van der Waals surface area contributed by atoms with E-state index in [2.05, 4.69) is 68.6 Å². The lowest BCUT2D eigenvalue weighted by Crippen LogP contribution is -2.34. The summed E-state index contributed by atoms with van der Waals surface area (Å²) in [6.45, 7) is 8.94. The molecule has 0 amide bonds. The predicted molar refractivity (Wildman–Crippen MR) is 97.3 cm³/mol. The molecule has 2 nitrogen and oxygen atoms in total. The summed E-state index contributed by atoms with van der Waals surface area (Å²) in [6, 6.07) is 10.0. The molecule has 0 saturated heterocycles. The summed E-state index contributed by atoms with van der Waals surface area (Å²) in [6.07, 6.45) is 4.53. The summed E-state index contributed by atoms with van der Waals surface area (Å²) >= 11 is 1.93. The maximum Gasteiger partial charge on any atom is 0.0332 e. The molecule has 2 atom stereocenters. The maximum absolute atomic E-state index is 3.71. The Balaban J connectivity index is 2.62. The van der Waals surface area contributed by atoms with Crippen LogP contribution in [0.3, 0.4) is 0 Å². The molecular weight excluding hydrogens is 276 g/mol. The SMILES string of the molecule is CCCNC(CCN(C)C(C)CSC)c1cccc(C)c1. The lowest BCUT2D eigenvalue weighted by molar-refractivity contribution is 0.260. The lowest BCUT2D eigenvalue weighted by atomic mass is 10.0. The summed E-state index contributed by atoms with van der Waals surface area (Å²) in [5.74, 6) is 1.20. The number of thioether (sulfide) groups is 1. The normalized spacial score (nSPS) is 14.4. The van der Waals surface area contributed by atoms with Crippen LogP contribution in [0.2, 0.25) is 0 Å². The van der Waals surface area contributed by atoms with Crippen LogP contribution in [0.5, 0.6) is 0 Å². The van der Waals surface area contributed by atoms with Gasteiger partial charge in [-0.25, -0.2) is 0 Å². The van der Waals surface area contributed by atoms with Crippen molar-refractivity contribution in [3.63, 3.8) is 0 Å². The lowest BCUT2D eigenvalue weighted by Gasteiger charge is -2.27. The molecule has 0 radical (unpaired) electrons. The van der Waals surface area contributed by atoms with E-state index in [1.165, 1.54) is 29.7 Å². The summed E-state index contributed by atoms with van der Waals surface area (Å²) in [5, 5.41) is 3.71. The molecular formula is C18H32N2S. The van der Waals surface area contributed by atoms with E-state index in [1.54, 1.807) is 0 Å².